The van der Waals surface area contributed by atoms with E-state index >= 15 is 0 Å². The summed E-state index contributed by atoms with van der Waals surface area (Å²) >= 11 is 0. The molecule has 0 saturated carbocycles. The molecule has 0 saturated heterocycles. The van der Waals surface area contributed by atoms with Crippen LogP contribution in [-0.4, -0.2) is 18.0 Å². The van der Waals surface area contributed by atoms with Crippen molar-refractivity contribution in [2.45, 2.75) is 19.4 Å². The first-order valence-electron chi connectivity index (χ1n) is 8.81. The Balaban J connectivity index is 1.53. The molecule has 0 aliphatic heterocycles. The van der Waals surface area contributed by atoms with E-state index in [4.69, 9.17) is 4.74 Å². The molecule has 1 unspecified atom stereocenters. The van der Waals surface area contributed by atoms with E-state index in [0.29, 0.717) is 5.69 Å². The summed E-state index contributed by atoms with van der Waals surface area (Å²) < 4.78 is 5.25. The number of nitrogens with one attached hydrogen (secondary N) is 1. The number of amides is 1. The minimum Gasteiger partial charge on any atom is -0.452 e. The average Bonchev–Trinajstić information content (AvgIpc) is 2.70. The van der Waals surface area contributed by atoms with Crippen molar-refractivity contribution in [2.75, 3.05) is 5.32 Å². The van der Waals surface area contributed by atoms with Crippen LogP contribution in [-0.2, 0) is 20.7 Å². The number of carbonyl (C=O) groups is 2. The Hall–Kier alpha value is -3.40. The van der Waals surface area contributed by atoms with Gasteiger partial charge in [-0.25, -0.2) is 0 Å². The predicted octanol–water partition coefficient (Wildman–Crippen LogP) is 4.47. The molecule has 0 bridgehead atoms. The molecular weight excluding hydrogens is 338 g/mol. The van der Waals surface area contributed by atoms with Gasteiger partial charge in [0.1, 0.15) is 0 Å². The van der Waals surface area contributed by atoms with E-state index in [1.165, 1.54) is 0 Å². The standard InChI is InChI=1S/C23H21NO3/c1-17(23(26)24-21-10-6-3-7-11-21)27-22(25)16-18-12-14-20(15-13-18)19-8-4-2-5-9-19/h2-15,17H,16H2,1H3,(H,24,26). The van der Waals surface area contributed by atoms with Crippen LogP contribution in [0.5, 0.6) is 0 Å². The van der Waals surface area contributed by atoms with Gasteiger partial charge in [0.05, 0.1) is 6.42 Å². The minimum absolute atomic E-state index is 0.123. The van der Waals surface area contributed by atoms with Crippen molar-refractivity contribution in [1.29, 1.82) is 0 Å². The Bertz CT molecular complexity index is 890. The third-order valence-electron chi connectivity index (χ3n) is 4.13. The zero-order chi connectivity index (χ0) is 19.1. The lowest BCUT2D eigenvalue weighted by atomic mass is 10.0. The van der Waals surface area contributed by atoms with Gasteiger partial charge >= 0.3 is 5.97 Å². The molecule has 0 aromatic heterocycles. The number of hydrogen-bond acceptors (Lipinski definition) is 3. The predicted molar refractivity (Wildman–Crippen MR) is 106 cm³/mol. The Kier molecular flexibility index (Phi) is 6.00. The van der Waals surface area contributed by atoms with E-state index < -0.39 is 12.1 Å². The van der Waals surface area contributed by atoms with Crippen molar-refractivity contribution in [3.8, 4) is 11.1 Å². The molecule has 1 atom stereocenters. The maximum Gasteiger partial charge on any atom is 0.311 e. The molecule has 27 heavy (non-hydrogen) atoms. The molecule has 0 fully saturated rings. The van der Waals surface area contributed by atoms with Gasteiger partial charge in [-0.05, 0) is 35.7 Å². The van der Waals surface area contributed by atoms with Gasteiger partial charge in [0.2, 0.25) is 0 Å². The molecule has 0 spiro atoms. The van der Waals surface area contributed by atoms with Crippen molar-refractivity contribution < 1.29 is 14.3 Å². The van der Waals surface area contributed by atoms with E-state index in [2.05, 4.69) is 5.32 Å². The Labute approximate surface area is 158 Å². The van der Waals surface area contributed by atoms with Crippen LogP contribution < -0.4 is 5.32 Å². The third-order valence-corrected chi connectivity index (χ3v) is 4.13. The van der Waals surface area contributed by atoms with Crippen LogP contribution >= 0.6 is 0 Å². The first-order valence-corrected chi connectivity index (χ1v) is 8.81. The van der Waals surface area contributed by atoms with Crippen molar-refractivity contribution in [2.24, 2.45) is 0 Å². The molecule has 0 aliphatic rings. The fraction of sp³-hybridized carbons (Fsp3) is 0.130. The van der Waals surface area contributed by atoms with Crippen molar-refractivity contribution in [1.82, 2.24) is 0 Å². The molecule has 4 heteroatoms. The van der Waals surface area contributed by atoms with E-state index in [1.54, 1.807) is 19.1 Å². The number of hydrogen-bond donors (Lipinski definition) is 1. The lowest BCUT2D eigenvalue weighted by Crippen LogP contribution is -2.30. The smallest absolute Gasteiger partial charge is 0.311 e. The summed E-state index contributed by atoms with van der Waals surface area (Å²) in [6.45, 7) is 1.56. The zero-order valence-corrected chi connectivity index (χ0v) is 15.1. The van der Waals surface area contributed by atoms with Gasteiger partial charge in [-0.2, -0.15) is 0 Å². The number of para-hydroxylation sites is 1. The van der Waals surface area contributed by atoms with Gasteiger partial charge in [-0.1, -0.05) is 72.8 Å². The molecule has 3 aromatic rings. The van der Waals surface area contributed by atoms with E-state index in [-0.39, 0.29) is 12.3 Å². The van der Waals surface area contributed by atoms with Gasteiger partial charge in [-0.3, -0.25) is 9.59 Å². The molecule has 0 radical (unpaired) electrons. The summed E-state index contributed by atoms with van der Waals surface area (Å²) in [5.41, 5.74) is 3.72. The first-order chi connectivity index (χ1) is 13.1. The Morgan fingerprint density at radius 2 is 1.37 bits per heavy atom. The number of esters is 1. The monoisotopic (exact) mass is 359 g/mol. The molecule has 3 rings (SSSR count). The average molecular weight is 359 g/mol. The zero-order valence-electron chi connectivity index (χ0n) is 15.1. The summed E-state index contributed by atoms with van der Waals surface area (Å²) in [6.07, 6.45) is -0.737. The second-order valence-electron chi connectivity index (χ2n) is 6.23. The SMILES string of the molecule is CC(OC(=O)Cc1ccc(-c2ccccc2)cc1)C(=O)Nc1ccccc1. The number of benzene rings is 3. The van der Waals surface area contributed by atoms with Gasteiger partial charge in [0, 0.05) is 5.69 Å². The fourth-order valence-electron chi connectivity index (χ4n) is 2.67. The highest BCUT2D eigenvalue weighted by Gasteiger charge is 2.18. The second kappa shape index (κ2) is 8.81. The van der Waals surface area contributed by atoms with Crippen LogP contribution in [0.4, 0.5) is 5.69 Å². The highest BCUT2D eigenvalue weighted by atomic mass is 16.5. The number of anilines is 1. The van der Waals surface area contributed by atoms with Crippen LogP contribution in [0.25, 0.3) is 11.1 Å². The lowest BCUT2D eigenvalue weighted by molar-refractivity contribution is -0.152. The van der Waals surface area contributed by atoms with E-state index in [0.717, 1.165) is 16.7 Å². The van der Waals surface area contributed by atoms with Gasteiger partial charge < -0.3 is 10.1 Å². The van der Waals surface area contributed by atoms with E-state index in [1.807, 2.05) is 72.8 Å². The molecule has 0 heterocycles. The third kappa shape index (κ3) is 5.28. The quantitative estimate of drug-likeness (QED) is 0.661. The van der Waals surface area contributed by atoms with Gasteiger partial charge in [0.25, 0.3) is 5.91 Å². The summed E-state index contributed by atoms with van der Waals surface area (Å²) in [7, 11) is 0. The van der Waals surface area contributed by atoms with Crippen LogP contribution in [0.1, 0.15) is 12.5 Å². The topological polar surface area (TPSA) is 55.4 Å². The molecule has 1 N–H and O–H groups in total. The Morgan fingerprint density at radius 3 is 2.00 bits per heavy atom. The van der Waals surface area contributed by atoms with Crippen molar-refractivity contribution in [3.05, 3.63) is 90.5 Å². The van der Waals surface area contributed by atoms with Crippen molar-refractivity contribution >= 4 is 17.6 Å². The first kappa shape index (κ1) is 18.4. The maximum atomic E-state index is 12.1. The summed E-state index contributed by atoms with van der Waals surface area (Å²) in [5.74, 6) is -0.785. The number of carbonyl (C=O) groups excluding carboxylic acids is 2. The van der Waals surface area contributed by atoms with Crippen LogP contribution in [0, 0.1) is 0 Å². The molecule has 3 aromatic carbocycles. The number of rotatable bonds is 6. The minimum atomic E-state index is -0.860. The number of ether oxygens (including phenoxy) is 1. The van der Waals surface area contributed by atoms with Crippen LogP contribution in [0.2, 0.25) is 0 Å². The molecule has 1 amide bonds. The van der Waals surface area contributed by atoms with E-state index in [9.17, 15) is 9.59 Å². The highest BCUT2D eigenvalue weighted by molar-refractivity contribution is 5.95. The summed E-state index contributed by atoms with van der Waals surface area (Å²) in [5, 5.41) is 2.72. The second-order valence-corrected chi connectivity index (χ2v) is 6.23. The van der Waals surface area contributed by atoms with Gasteiger partial charge in [-0.15, -0.1) is 0 Å². The normalized spacial score (nSPS) is 11.4. The molecule has 0 aliphatic carbocycles. The van der Waals surface area contributed by atoms with Gasteiger partial charge in [0.15, 0.2) is 6.10 Å². The lowest BCUT2D eigenvalue weighted by Gasteiger charge is -2.13. The van der Waals surface area contributed by atoms with Crippen LogP contribution in [0.15, 0.2) is 84.9 Å². The molecular formula is C23H21NO3. The highest BCUT2D eigenvalue weighted by Crippen LogP contribution is 2.19. The largest absolute Gasteiger partial charge is 0.452 e. The fourth-order valence-corrected chi connectivity index (χ4v) is 2.67. The molecule has 4 nitrogen and oxygen atoms in total. The van der Waals surface area contributed by atoms with Crippen molar-refractivity contribution in [3.63, 3.8) is 0 Å². The Morgan fingerprint density at radius 1 is 0.815 bits per heavy atom. The van der Waals surface area contributed by atoms with Crippen LogP contribution in [0.3, 0.4) is 0 Å². The maximum absolute atomic E-state index is 12.1. The molecule has 136 valence electrons. The summed E-state index contributed by atoms with van der Waals surface area (Å²) in [6, 6.07) is 26.9. The summed E-state index contributed by atoms with van der Waals surface area (Å²) in [4.78, 5) is 24.2.